The van der Waals surface area contributed by atoms with E-state index >= 15 is 0 Å². The molecule has 0 radical (unpaired) electrons. The van der Waals surface area contributed by atoms with Crippen LogP contribution in [0.3, 0.4) is 0 Å². The zero-order chi connectivity index (χ0) is 12.3. The number of ether oxygens (including phenoxy) is 1. The summed E-state index contributed by atoms with van der Waals surface area (Å²) in [6.07, 6.45) is 1.77. The number of methoxy groups -OCH3 is 1. The second kappa shape index (κ2) is 4.82. The van der Waals surface area contributed by atoms with Crippen molar-refractivity contribution in [2.75, 3.05) is 12.4 Å². The molecule has 0 saturated carbocycles. The van der Waals surface area contributed by atoms with Crippen LogP contribution in [0.2, 0.25) is 0 Å². The van der Waals surface area contributed by atoms with Gasteiger partial charge in [-0.15, -0.1) is 5.10 Å². The molecule has 0 amide bonds. The molecule has 0 atom stereocenters. The van der Waals surface area contributed by atoms with Crippen LogP contribution < -0.4 is 10.1 Å². The average Bonchev–Trinajstić information content (AvgIpc) is 2.74. The van der Waals surface area contributed by atoms with E-state index in [2.05, 4.69) is 15.6 Å². The van der Waals surface area contributed by atoms with Gasteiger partial charge in [0.1, 0.15) is 17.3 Å². The highest BCUT2D eigenvalue weighted by molar-refractivity contribution is 5.49. The number of aryl methyl sites for hydroxylation is 1. The first-order valence-electron chi connectivity index (χ1n) is 5.11. The smallest absolute Gasteiger partial charge is 0.146 e. The van der Waals surface area contributed by atoms with Gasteiger partial charge in [0.2, 0.25) is 0 Å². The number of hydrogen-bond acceptors (Lipinski definition) is 4. The highest BCUT2D eigenvalue weighted by Gasteiger charge is 2.05. The van der Waals surface area contributed by atoms with Gasteiger partial charge in [0, 0.05) is 19.3 Å². The number of rotatable bonds is 4. The van der Waals surface area contributed by atoms with Gasteiger partial charge in [0.05, 0.1) is 19.3 Å². The van der Waals surface area contributed by atoms with E-state index in [-0.39, 0.29) is 5.82 Å². The number of anilines is 1. The van der Waals surface area contributed by atoms with E-state index in [4.69, 9.17) is 4.74 Å². The Morgan fingerprint density at radius 2 is 2.29 bits per heavy atom. The number of nitrogens with one attached hydrogen (secondary N) is 1. The molecule has 2 aromatic rings. The summed E-state index contributed by atoms with van der Waals surface area (Å²) in [5.74, 6) is 0.280. The quantitative estimate of drug-likeness (QED) is 0.875. The fourth-order valence-electron chi connectivity index (χ4n) is 1.43. The molecular weight excluding hydrogens is 223 g/mol. The predicted octanol–water partition coefficient (Wildman–Crippen LogP) is 1.57. The predicted molar refractivity (Wildman–Crippen MR) is 61.3 cm³/mol. The summed E-state index contributed by atoms with van der Waals surface area (Å²) in [4.78, 5) is 0. The van der Waals surface area contributed by atoms with Gasteiger partial charge in [-0.2, -0.15) is 0 Å². The Bertz CT molecular complexity index is 512. The second-order valence-electron chi connectivity index (χ2n) is 3.58. The number of nitrogens with zero attached hydrogens (tertiary/aromatic N) is 3. The second-order valence-corrected chi connectivity index (χ2v) is 3.58. The normalized spacial score (nSPS) is 10.3. The van der Waals surface area contributed by atoms with Crippen molar-refractivity contribution < 1.29 is 9.13 Å². The Morgan fingerprint density at radius 1 is 1.47 bits per heavy atom. The van der Waals surface area contributed by atoms with Crippen LogP contribution in [0.4, 0.5) is 10.1 Å². The van der Waals surface area contributed by atoms with Crippen LogP contribution in [0.15, 0.2) is 24.4 Å². The Morgan fingerprint density at radius 3 is 2.94 bits per heavy atom. The van der Waals surface area contributed by atoms with E-state index in [1.807, 2.05) is 0 Å². The van der Waals surface area contributed by atoms with E-state index in [1.165, 1.54) is 6.07 Å². The van der Waals surface area contributed by atoms with Gasteiger partial charge in [-0.1, -0.05) is 5.21 Å². The maximum atomic E-state index is 13.5. The van der Waals surface area contributed by atoms with E-state index in [9.17, 15) is 4.39 Å². The third kappa shape index (κ3) is 2.72. The molecule has 0 bridgehead atoms. The molecule has 0 saturated heterocycles. The molecule has 0 aliphatic rings. The van der Waals surface area contributed by atoms with Crippen LogP contribution in [0.5, 0.6) is 5.75 Å². The Kier molecular flexibility index (Phi) is 3.22. The SMILES string of the molecule is COc1ccc(F)c(NCc2cn(C)nn2)c1. The minimum atomic E-state index is -0.324. The molecule has 1 heterocycles. The Balaban J connectivity index is 2.07. The molecule has 0 aliphatic carbocycles. The van der Waals surface area contributed by atoms with Crippen molar-refractivity contribution in [3.63, 3.8) is 0 Å². The summed E-state index contributed by atoms with van der Waals surface area (Å²) in [6.45, 7) is 0.415. The zero-order valence-electron chi connectivity index (χ0n) is 9.64. The lowest BCUT2D eigenvalue weighted by Gasteiger charge is -2.07. The van der Waals surface area contributed by atoms with Crippen LogP contribution in [-0.2, 0) is 13.6 Å². The standard InChI is InChI=1S/C11H13FN4O/c1-16-7-8(14-15-16)6-13-11-5-9(17-2)3-4-10(11)12/h3-5,7,13H,6H2,1-2H3. The van der Waals surface area contributed by atoms with E-state index in [1.54, 1.807) is 37.2 Å². The summed E-state index contributed by atoms with van der Waals surface area (Å²) in [7, 11) is 3.32. The van der Waals surface area contributed by atoms with E-state index < -0.39 is 0 Å². The summed E-state index contributed by atoms with van der Waals surface area (Å²) in [5, 5.41) is 10.6. The highest BCUT2D eigenvalue weighted by atomic mass is 19.1. The zero-order valence-corrected chi connectivity index (χ0v) is 9.64. The van der Waals surface area contributed by atoms with E-state index in [0.717, 1.165) is 5.69 Å². The van der Waals surface area contributed by atoms with Crippen LogP contribution in [0, 0.1) is 5.82 Å². The van der Waals surface area contributed by atoms with Gasteiger partial charge in [0.15, 0.2) is 0 Å². The monoisotopic (exact) mass is 236 g/mol. The number of halogens is 1. The summed E-state index contributed by atoms with van der Waals surface area (Å²) in [5.41, 5.74) is 1.13. The summed E-state index contributed by atoms with van der Waals surface area (Å²) < 4.78 is 20.1. The largest absolute Gasteiger partial charge is 0.497 e. The molecule has 6 heteroatoms. The molecule has 1 aromatic carbocycles. The molecule has 5 nitrogen and oxygen atoms in total. The van der Waals surface area contributed by atoms with E-state index in [0.29, 0.717) is 18.0 Å². The minimum absolute atomic E-state index is 0.324. The molecule has 17 heavy (non-hydrogen) atoms. The molecule has 0 aliphatic heterocycles. The Hall–Kier alpha value is -2.11. The molecular formula is C11H13FN4O. The van der Waals surface area contributed by atoms with Crippen molar-refractivity contribution in [1.29, 1.82) is 0 Å². The van der Waals surface area contributed by atoms with Crippen LogP contribution >= 0.6 is 0 Å². The van der Waals surface area contributed by atoms with Crippen molar-refractivity contribution in [2.24, 2.45) is 7.05 Å². The molecule has 1 aromatic heterocycles. The van der Waals surface area contributed by atoms with Crippen LogP contribution in [0.25, 0.3) is 0 Å². The highest BCUT2D eigenvalue weighted by Crippen LogP contribution is 2.21. The minimum Gasteiger partial charge on any atom is -0.497 e. The van der Waals surface area contributed by atoms with Crippen LogP contribution in [0.1, 0.15) is 5.69 Å². The number of benzene rings is 1. The maximum absolute atomic E-state index is 13.5. The van der Waals surface area contributed by atoms with Crippen molar-refractivity contribution in [3.05, 3.63) is 35.9 Å². The lowest BCUT2D eigenvalue weighted by atomic mass is 10.3. The van der Waals surface area contributed by atoms with Gasteiger partial charge in [-0.05, 0) is 12.1 Å². The van der Waals surface area contributed by atoms with Crippen LogP contribution in [-0.4, -0.2) is 22.1 Å². The Labute approximate surface area is 98.2 Å². The van der Waals surface area contributed by atoms with Gasteiger partial charge < -0.3 is 10.1 Å². The molecule has 90 valence electrons. The topological polar surface area (TPSA) is 52.0 Å². The first kappa shape index (κ1) is 11.4. The van der Waals surface area contributed by atoms with Crippen molar-refractivity contribution in [2.45, 2.75) is 6.54 Å². The third-order valence-electron chi connectivity index (χ3n) is 2.28. The van der Waals surface area contributed by atoms with Gasteiger partial charge >= 0.3 is 0 Å². The van der Waals surface area contributed by atoms with Crippen molar-refractivity contribution in [1.82, 2.24) is 15.0 Å². The van der Waals surface area contributed by atoms with Gasteiger partial charge in [0.25, 0.3) is 0 Å². The van der Waals surface area contributed by atoms with Gasteiger partial charge in [-0.3, -0.25) is 4.68 Å². The first-order chi connectivity index (χ1) is 8.19. The molecule has 0 spiro atoms. The lowest BCUT2D eigenvalue weighted by molar-refractivity contribution is 0.414. The average molecular weight is 236 g/mol. The first-order valence-corrected chi connectivity index (χ1v) is 5.11. The third-order valence-corrected chi connectivity index (χ3v) is 2.28. The van der Waals surface area contributed by atoms with Crippen molar-refractivity contribution in [3.8, 4) is 5.75 Å². The maximum Gasteiger partial charge on any atom is 0.146 e. The van der Waals surface area contributed by atoms with Crippen molar-refractivity contribution >= 4 is 5.69 Å². The number of hydrogen-bond donors (Lipinski definition) is 1. The fraction of sp³-hybridized carbons (Fsp3) is 0.273. The molecule has 0 unspecified atom stereocenters. The fourth-order valence-corrected chi connectivity index (χ4v) is 1.43. The van der Waals surface area contributed by atoms with Gasteiger partial charge in [-0.25, -0.2) is 4.39 Å². The number of aromatic nitrogens is 3. The molecule has 2 rings (SSSR count). The lowest BCUT2D eigenvalue weighted by Crippen LogP contribution is -2.02. The molecule has 1 N–H and O–H groups in total. The summed E-state index contributed by atoms with van der Waals surface area (Å²) >= 11 is 0. The summed E-state index contributed by atoms with van der Waals surface area (Å²) in [6, 6.07) is 4.53. The molecule has 0 fully saturated rings.